The molecule has 0 spiro atoms. The molecule has 1 atom stereocenters. The van der Waals surface area contributed by atoms with Gasteiger partial charge in [-0.2, -0.15) is 4.98 Å². The monoisotopic (exact) mass is 696 g/mol. The first-order valence-electron chi connectivity index (χ1n) is 14.4. The van der Waals surface area contributed by atoms with Crippen LogP contribution in [0.2, 0.25) is 5.02 Å². The van der Waals surface area contributed by atoms with Crippen molar-refractivity contribution in [2.75, 3.05) is 19.0 Å². The molecule has 44 heavy (non-hydrogen) atoms. The molecule has 8 nitrogen and oxygen atoms in total. The van der Waals surface area contributed by atoms with Crippen LogP contribution in [0, 0.1) is 0 Å². The van der Waals surface area contributed by atoms with E-state index in [2.05, 4.69) is 28.2 Å². The summed E-state index contributed by atoms with van der Waals surface area (Å²) in [7, 11) is 1.60. The van der Waals surface area contributed by atoms with Crippen molar-refractivity contribution in [2.24, 2.45) is 0 Å². The number of rotatable bonds is 13. The highest BCUT2D eigenvalue weighted by Crippen LogP contribution is 2.43. The molecule has 4 aromatic rings. The third-order valence-corrected chi connectivity index (χ3v) is 8.99. The van der Waals surface area contributed by atoms with Crippen molar-refractivity contribution in [3.05, 3.63) is 104 Å². The lowest BCUT2D eigenvalue weighted by Gasteiger charge is -2.29. The molecule has 3 aromatic carbocycles. The number of fused-ring (bicyclic) bond motifs is 1. The number of methoxy groups -OCH3 is 1. The predicted octanol–water partition coefficient (Wildman–Crippen LogP) is 8.60. The molecule has 0 radical (unpaired) electrons. The summed E-state index contributed by atoms with van der Waals surface area (Å²) in [6, 6.07) is 20.5. The summed E-state index contributed by atoms with van der Waals surface area (Å²) >= 11 is 11.6. The highest BCUT2D eigenvalue weighted by Gasteiger charge is 2.36. The lowest BCUT2D eigenvalue weighted by atomic mass is 9.95. The normalized spacial score (nSPS) is 14.2. The third kappa shape index (κ3) is 7.42. The zero-order valence-corrected chi connectivity index (χ0v) is 28.0. The van der Waals surface area contributed by atoms with E-state index in [1.165, 1.54) is 11.8 Å². The first-order chi connectivity index (χ1) is 21.4. The highest BCUT2D eigenvalue weighted by molar-refractivity contribution is 9.10. The maximum Gasteiger partial charge on any atom is 0.338 e. The van der Waals surface area contributed by atoms with Gasteiger partial charge >= 0.3 is 5.97 Å². The number of nitrogens with one attached hydrogen (secondary N) is 1. The summed E-state index contributed by atoms with van der Waals surface area (Å²) in [4.78, 5) is 18.5. The molecule has 0 bridgehead atoms. The Morgan fingerprint density at radius 2 is 1.89 bits per heavy atom. The second-order valence-electron chi connectivity index (χ2n) is 10.3. The predicted molar refractivity (Wildman–Crippen MR) is 177 cm³/mol. The zero-order chi connectivity index (χ0) is 31.1. The van der Waals surface area contributed by atoms with Gasteiger partial charge in [-0.15, -0.1) is 5.10 Å². The number of halogens is 2. The molecule has 1 aliphatic rings. The number of benzene rings is 3. The van der Waals surface area contributed by atoms with Gasteiger partial charge in [0.25, 0.3) is 0 Å². The molecular weight excluding hydrogens is 664 g/mol. The fraction of sp³-hybridized carbons (Fsp3) is 0.303. The van der Waals surface area contributed by atoms with Crippen LogP contribution in [0.4, 0.5) is 5.95 Å². The summed E-state index contributed by atoms with van der Waals surface area (Å²) < 4.78 is 20.1. The van der Waals surface area contributed by atoms with E-state index in [0.29, 0.717) is 55.7 Å². The van der Waals surface area contributed by atoms with Gasteiger partial charge < -0.3 is 19.5 Å². The molecule has 0 aliphatic carbocycles. The van der Waals surface area contributed by atoms with Crippen LogP contribution >= 0.6 is 39.3 Å². The summed E-state index contributed by atoms with van der Waals surface area (Å²) in [6.45, 7) is 4.72. The van der Waals surface area contributed by atoms with E-state index < -0.39 is 12.0 Å². The Morgan fingerprint density at radius 3 is 2.64 bits per heavy atom. The van der Waals surface area contributed by atoms with E-state index in [1.54, 1.807) is 11.8 Å². The lowest BCUT2D eigenvalue weighted by Crippen LogP contribution is -2.29. The van der Waals surface area contributed by atoms with Crippen molar-refractivity contribution in [3.8, 4) is 11.5 Å². The van der Waals surface area contributed by atoms with Crippen molar-refractivity contribution >= 4 is 51.2 Å². The van der Waals surface area contributed by atoms with E-state index >= 15 is 0 Å². The minimum atomic E-state index is -0.643. The number of anilines is 1. The number of nitrogens with zero attached hydrogens (tertiary/aromatic N) is 3. The largest absolute Gasteiger partial charge is 0.493 e. The van der Waals surface area contributed by atoms with Gasteiger partial charge in [0.15, 0.2) is 11.5 Å². The van der Waals surface area contributed by atoms with Crippen LogP contribution in [0.25, 0.3) is 0 Å². The maximum absolute atomic E-state index is 13.8. The summed E-state index contributed by atoms with van der Waals surface area (Å²) in [5, 5.41) is 9.36. The number of aromatic nitrogens is 3. The van der Waals surface area contributed by atoms with Gasteiger partial charge in [-0.1, -0.05) is 91.7 Å². The van der Waals surface area contributed by atoms with Gasteiger partial charge in [-0.05, 0) is 64.2 Å². The van der Waals surface area contributed by atoms with E-state index in [1.807, 2.05) is 73.7 Å². The molecule has 1 N–H and O–H groups in total. The zero-order valence-electron chi connectivity index (χ0n) is 24.8. The number of esters is 1. The summed E-state index contributed by atoms with van der Waals surface area (Å²) in [5.74, 6) is 1.82. The fourth-order valence-electron chi connectivity index (χ4n) is 4.89. The SMILES string of the molecule is CCCCCOc1c(Br)cc(C2C(C(=O)OCc3ccccc3)=C(C)Nc3nc(SCc4ccccc4Cl)nn32)cc1OC. The highest BCUT2D eigenvalue weighted by atomic mass is 79.9. The third-order valence-electron chi connectivity index (χ3n) is 7.14. The summed E-state index contributed by atoms with van der Waals surface area (Å²) in [5.41, 5.74) is 3.69. The van der Waals surface area contributed by atoms with Gasteiger partial charge in [0, 0.05) is 16.5 Å². The molecule has 0 saturated heterocycles. The maximum atomic E-state index is 13.8. The molecule has 230 valence electrons. The van der Waals surface area contributed by atoms with Crippen LogP contribution in [0.15, 0.2) is 87.6 Å². The number of carbonyl (C=O) groups excluding carboxylic acids is 1. The molecule has 0 amide bonds. The Bertz CT molecular complexity index is 1650. The van der Waals surface area contributed by atoms with Crippen LogP contribution in [0.1, 0.15) is 55.8 Å². The average molecular weight is 698 g/mol. The van der Waals surface area contributed by atoms with Gasteiger partial charge in [-0.25, -0.2) is 9.48 Å². The van der Waals surface area contributed by atoms with E-state index in [0.717, 1.165) is 36.0 Å². The van der Waals surface area contributed by atoms with Gasteiger partial charge in [0.05, 0.1) is 23.8 Å². The van der Waals surface area contributed by atoms with Crippen LogP contribution in [-0.2, 0) is 21.9 Å². The number of ether oxygens (including phenoxy) is 3. The average Bonchev–Trinajstić information content (AvgIpc) is 3.44. The van der Waals surface area contributed by atoms with Crippen molar-refractivity contribution in [1.82, 2.24) is 14.8 Å². The quantitative estimate of drug-likeness (QED) is 0.0845. The van der Waals surface area contributed by atoms with Crippen LogP contribution in [0.3, 0.4) is 0 Å². The first kappa shape index (κ1) is 31.9. The number of hydrogen-bond donors (Lipinski definition) is 1. The summed E-state index contributed by atoms with van der Waals surface area (Å²) in [6.07, 6.45) is 3.12. The second-order valence-corrected chi connectivity index (χ2v) is 12.5. The van der Waals surface area contributed by atoms with Crippen molar-refractivity contribution in [1.29, 1.82) is 0 Å². The smallest absolute Gasteiger partial charge is 0.338 e. The number of thioether (sulfide) groups is 1. The molecular formula is C33H34BrClN4O4S. The number of unbranched alkanes of at least 4 members (excludes halogenated alkanes) is 2. The van der Waals surface area contributed by atoms with E-state index in [-0.39, 0.29) is 6.61 Å². The Morgan fingerprint density at radius 1 is 1.11 bits per heavy atom. The Hall–Kier alpha value is -3.47. The second kappa shape index (κ2) is 15.0. The molecule has 1 aromatic heterocycles. The van der Waals surface area contributed by atoms with Crippen molar-refractivity contribution < 1.29 is 19.0 Å². The van der Waals surface area contributed by atoms with Crippen LogP contribution < -0.4 is 14.8 Å². The Balaban J connectivity index is 1.50. The number of allylic oxidation sites excluding steroid dienone is 1. The number of hydrogen-bond acceptors (Lipinski definition) is 8. The van der Waals surface area contributed by atoms with Gasteiger partial charge in [-0.3, -0.25) is 0 Å². The molecule has 1 aliphatic heterocycles. The molecule has 11 heteroatoms. The molecule has 2 heterocycles. The van der Waals surface area contributed by atoms with Crippen LogP contribution in [0.5, 0.6) is 11.5 Å². The fourth-order valence-corrected chi connectivity index (χ4v) is 6.58. The van der Waals surface area contributed by atoms with Gasteiger partial charge in [0.1, 0.15) is 12.6 Å². The van der Waals surface area contributed by atoms with Crippen molar-refractivity contribution in [2.45, 2.75) is 56.7 Å². The van der Waals surface area contributed by atoms with E-state index in [9.17, 15) is 4.79 Å². The lowest BCUT2D eigenvalue weighted by molar-refractivity contribution is -0.140. The topological polar surface area (TPSA) is 87.5 Å². The first-order valence-corrected chi connectivity index (χ1v) is 16.6. The van der Waals surface area contributed by atoms with Crippen molar-refractivity contribution in [3.63, 3.8) is 0 Å². The Kier molecular flexibility index (Phi) is 10.9. The van der Waals surface area contributed by atoms with E-state index in [4.69, 9.17) is 35.9 Å². The minimum absolute atomic E-state index is 0.143. The number of carbonyl (C=O) groups is 1. The molecule has 0 fully saturated rings. The molecule has 5 rings (SSSR count). The Labute approximate surface area is 275 Å². The molecule has 1 unspecified atom stereocenters. The van der Waals surface area contributed by atoms with Gasteiger partial charge in [0.2, 0.25) is 11.1 Å². The molecule has 0 saturated carbocycles. The van der Waals surface area contributed by atoms with Crippen LogP contribution in [-0.4, -0.2) is 34.5 Å². The minimum Gasteiger partial charge on any atom is -0.493 e. The standard InChI is InChI=1S/C33H34BrClN4O4S/c1-4-5-11-16-42-30-25(34)17-24(18-27(30)41-3)29-28(31(40)43-19-22-12-7-6-8-13-22)21(2)36-32-37-33(38-39(29)32)44-20-23-14-9-10-15-26(23)35/h6-10,12-15,17-18,29H,4-5,11,16,19-20H2,1-3H3,(H,36,37,38).